The summed E-state index contributed by atoms with van der Waals surface area (Å²) in [5.41, 5.74) is 2.44. The molecule has 0 spiro atoms. The van der Waals surface area contributed by atoms with Gasteiger partial charge in [0, 0.05) is 18.5 Å². The molecule has 8 heteroatoms. The summed E-state index contributed by atoms with van der Waals surface area (Å²) in [6, 6.07) is 14.9. The molecule has 0 aliphatic carbocycles. The van der Waals surface area contributed by atoms with Gasteiger partial charge in [0.15, 0.2) is 0 Å². The summed E-state index contributed by atoms with van der Waals surface area (Å²) in [6.07, 6.45) is 1.34. The first-order chi connectivity index (χ1) is 13.4. The van der Waals surface area contributed by atoms with Crippen LogP contribution in [-0.2, 0) is 21.4 Å². The van der Waals surface area contributed by atoms with E-state index in [9.17, 15) is 8.42 Å². The van der Waals surface area contributed by atoms with Crippen LogP contribution < -0.4 is 9.47 Å². The van der Waals surface area contributed by atoms with E-state index in [1.807, 2.05) is 48.5 Å². The number of para-hydroxylation sites is 1. The Bertz CT molecular complexity index is 959. The summed E-state index contributed by atoms with van der Waals surface area (Å²) < 4.78 is 36.6. The molecule has 28 heavy (non-hydrogen) atoms. The van der Waals surface area contributed by atoms with Crippen LogP contribution in [-0.4, -0.2) is 51.6 Å². The number of hydrogen-bond donors (Lipinski definition) is 0. The van der Waals surface area contributed by atoms with Gasteiger partial charge < -0.3 is 14.3 Å². The van der Waals surface area contributed by atoms with E-state index in [1.165, 1.54) is 10.6 Å². The Morgan fingerprint density at radius 2 is 1.93 bits per heavy atom. The van der Waals surface area contributed by atoms with E-state index in [0.29, 0.717) is 17.9 Å². The summed E-state index contributed by atoms with van der Waals surface area (Å²) in [6.45, 7) is 0.443. The zero-order valence-electron chi connectivity index (χ0n) is 16.2. The Labute approximate surface area is 165 Å². The average Bonchev–Trinajstić information content (AvgIpc) is 3.15. The molecule has 0 N–H and O–H groups in total. The lowest BCUT2D eigenvalue weighted by Crippen LogP contribution is -2.36. The predicted octanol–water partition coefficient (Wildman–Crippen LogP) is 2.66. The molecule has 3 rings (SSSR count). The minimum Gasteiger partial charge on any atom is -0.497 e. The van der Waals surface area contributed by atoms with Gasteiger partial charge in [0.1, 0.15) is 17.6 Å². The van der Waals surface area contributed by atoms with Crippen molar-refractivity contribution in [1.82, 2.24) is 4.31 Å². The Morgan fingerprint density at radius 3 is 2.64 bits per heavy atom. The van der Waals surface area contributed by atoms with Gasteiger partial charge in [0.25, 0.3) is 0 Å². The van der Waals surface area contributed by atoms with Crippen molar-refractivity contribution in [1.29, 1.82) is 0 Å². The smallest absolute Gasteiger partial charge is 0.211 e. The van der Waals surface area contributed by atoms with Crippen molar-refractivity contribution in [2.45, 2.75) is 19.1 Å². The van der Waals surface area contributed by atoms with Crippen molar-refractivity contribution >= 4 is 15.7 Å². The maximum atomic E-state index is 12.3. The van der Waals surface area contributed by atoms with Gasteiger partial charge >= 0.3 is 0 Å². The molecule has 0 aromatic heterocycles. The summed E-state index contributed by atoms with van der Waals surface area (Å²) in [7, 11) is -0.245. The molecule has 2 aromatic rings. The van der Waals surface area contributed by atoms with Crippen LogP contribution in [0.3, 0.4) is 0 Å². The van der Waals surface area contributed by atoms with E-state index in [1.54, 1.807) is 14.2 Å². The van der Waals surface area contributed by atoms with Crippen molar-refractivity contribution in [3.63, 3.8) is 0 Å². The van der Waals surface area contributed by atoms with Crippen LogP contribution in [0.4, 0.5) is 0 Å². The molecule has 0 fully saturated rings. The highest BCUT2D eigenvalue weighted by molar-refractivity contribution is 7.88. The van der Waals surface area contributed by atoms with Crippen molar-refractivity contribution in [2.75, 3.05) is 27.0 Å². The van der Waals surface area contributed by atoms with Crippen molar-refractivity contribution in [3.05, 3.63) is 59.7 Å². The Hall–Kier alpha value is -2.58. The van der Waals surface area contributed by atoms with E-state index in [0.717, 1.165) is 16.8 Å². The van der Waals surface area contributed by atoms with Crippen molar-refractivity contribution < 1.29 is 22.7 Å². The summed E-state index contributed by atoms with van der Waals surface area (Å²) in [5.74, 6) is 1.40. The fourth-order valence-electron chi connectivity index (χ4n) is 3.09. The summed E-state index contributed by atoms with van der Waals surface area (Å²) in [4.78, 5) is 5.53. The van der Waals surface area contributed by atoms with Crippen LogP contribution in [0.2, 0.25) is 0 Å². The molecule has 150 valence electrons. The largest absolute Gasteiger partial charge is 0.497 e. The second-order valence-corrected chi connectivity index (χ2v) is 8.56. The molecule has 1 atom stereocenters. The van der Waals surface area contributed by atoms with Gasteiger partial charge in [-0.25, -0.2) is 8.42 Å². The van der Waals surface area contributed by atoms with Crippen LogP contribution in [0.5, 0.6) is 11.5 Å². The topological polar surface area (TPSA) is 77.4 Å². The molecular weight excluding hydrogens is 380 g/mol. The molecule has 0 bridgehead atoms. The molecule has 0 saturated heterocycles. The van der Waals surface area contributed by atoms with Gasteiger partial charge in [-0.15, -0.1) is 0 Å². The molecule has 0 radical (unpaired) electrons. The molecule has 7 nitrogen and oxygen atoms in total. The second kappa shape index (κ2) is 8.62. The lowest BCUT2D eigenvalue weighted by atomic mass is 10.0. The highest BCUT2D eigenvalue weighted by atomic mass is 32.2. The number of oxime groups is 1. The van der Waals surface area contributed by atoms with Gasteiger partial charge in [0.2, 0.25) is 10.0 Å². The average molecular weight is 404 g/mol. The van der Waals surface area contributed by atoms with Gasteiger partial charge in [-0.3, -0.25) is 0 Å². The number of benzene rings is 2. The van der Waals surface area contributed by atoms with E-state index in [4.69, 9.17) is 14.3 Å². The van der Waals surface area contributed by atoms with Crippen LogP contribution in [0.25, 0.3) is 0 Å². The maximum absolute atomic E-state index is 12.3. The maximum Gasteiger partial charge on any atom is 0.211 e. The standard InChI is InChI=1S/C20H24N2O5S/c1-25-16-8-6-7-15(11-16)13-22(28(3,23)24)14-17-12-19(21-27-17)18-9-4-5-10-20(18)26-2/h4-11,17H,12-14H2,1-3H3. The van der Waals surface area contributed by atoms with Crippen LogP contribution in [0.15, 0.2) is 53.7 Å². The first-order valence-electron chi connectivity index (χ1n) is 8.85. The number of nitrogens with zero attached hydrogens (tertiary/aromatic N) is 2. The van der Waals surface area contributed by atoms with Gasteiger partial charge in [-0.05, 0) is 29.8 Å². The third kappa shape index (κ3) is 4.82. The van der Waals surface area contributed by atoms with Crippen molar-refractivity contribution in [2.24, 2.45) is 5.16 Å². The number of sulfonamides is 1. The number of methoxy groups -OCH3 is 2. The normalized spacial score (nSPS) is 16.6. The van der Waals surface area contributed by atoms with Gasteiger partial charge in [-0.1, -0.05) is 29.4 Å². The van der Waals surface area contributed by atoms with E-state index < -0.39 is 10.0 Å². The fraction of sp³-hybridized carbons (Fsp3) is 0.350. The zero-order chi connectivity index (χ0) is 20.1. The lowest BCUT2D eigenvalue weighted by Gasteiger charge is -2.22. The van der Waals surface area contributed by atoms with Crippen molar-refractivity contribution in [3.8, 4) is 11.5 Å². The number of rotatable bonds is 8. The molecule has 2 aromatic carbocycles. The first-order valence-corrected chi connectivity index (χ1v) is 10.7. The molecule has 1 heterocycles. The quantitative estimate of drug-likeness (QED) is 0.676. The Kier molecular flexibility index (Phi) is 6.21. The van der Waals surface area contributed by atoms with E-state index >= 15 is 0 Å². The molecule has 1 unspecified atom stereocenters. The third-order valence-electron chi connectivity index (χ3n) is 4.52. The highest BCUT2D eigenvalue weighted by Crippen LogP contribution is 2.25. The van der Waals surface area contributed by atoms with Gasteiger partial charge in [-0.2, -0.15) is 4.31 Å². The minimum atomic E-state index is -3.43. The Balaban J connectivity index is 1.71. The first kappa shape index (κ1) is 20.2. The van der Waals surface area contributed by atoms with Crippen LogP contribution >= 0.6 is 0 Å². The molecule has 0 amide bonds. The fourth-order valence-corrected chi connectivity index (χ4v) is 3.91. The van der Waals surface area contributed by atoms with E-state index in [2.05, 4.69) is 5.16 Å². The SMILES string of the molecule is COc1cccc(CN(CC2CC(c3ccccc3OC)=NO2)S(C)(=O)=O)c1. The third-order valence-corrected chi connectivity index (χ3v) is 5.74. The van der Waals surface area contributed by atoms with Crippen LogP contribution in [0.1, 0.15) is 17.5 Å². The number of ether oxygens (including phenoxy) is 2. The minimum absolute atomic E-state index is 0.207. The lowest BCUT2D eigenvalue weighted by molar-refractivity contribution is 0.0695. The second-order valence-electron chi connectivity index (χ2n) is 6.58. The highest BCUT2D eigenvalue weighted by Gasteiger charge is 2.29. The number of hydrogen-bond acceptors (Lipinski definition) is 6. The molecule has 0 saturated carbocycles. The molecule has 1 aliphatic rings. The van der Waals surface area contributed by atoms with Gasteiger partial charge in [0.05, 0.1) is 32.7 Å². The Morgan fingerprint density at radius 1 is 1.14 bits per heavy atom. The zero-order valence-corrected chi connectivity index (χ0v) is 17.0. The predicted molar refractivity (Wildman–Crippen MR) is 107 cm³/mol. The summed E-state index contributed by atoms with van der Waals surface area (Å²) in [5, 5.41) is 4.16. The summed E-state index contributed by atoms with van der Waals surface area (Å²) >= 11 is 0. The monoisotopic (exact) mass is 404 g/mol. The van der Waals surface area contributed by atoms with E-state index in [-0.39, 0.29) is 19.2 Å². The molecular formula is C20H24N2O5S. The van der Waals surface area contributed by atoms with Crippen LogP contribution in [0, 0.1) is 0 Å². The molecule has 1 aliphatic heterocycles.